The quantitative estimate of drug-likeness (QED) is 0.501. The molecular weight excluding hydrogens is 270 g/mol. The lowest BCUT2D eigenvalue weighted by Crippen LogP contribution is -2.45. The molecule has 0 aromatic rings. The van der Waals surface area contributed by atoms with E-state index in [2.05, 4.69) is 10.2 Å². The maximum atomic E-state index is 13.1. The Kier molecular flexibility index (Phi) is 2.25. The monoisotopic (exact) mass is 286 g/mol. The average molecular weight is 286 g/mol. The first-order valence-corrected chi connectivity index (χ1v) is 7.29. The van der Waals surface area contributed by atoms with Crippen LogP contribution in [0.5, 0.6) is 0 Å². The predicted octanol–water partition coefficient (Wildman–Crippen LogP) is 0.239. The highest BCUT2D eigenvalue weighted by Gasteiger charge is 2.71. The zero-order valence-electron chi connectivity index (χ0n) is 10.2. The first-order chi connectivity index (χ1) is 8.89. The van der Waals surface area contributed by atoms with Gasteiger partial charge in [0.1, 0.15) is 4.99 Å². The van der Waals surface area contributed by atoms with E-state index < -0.39 is 22.8 Å². The highest BCUT2D eigenvalue weighted by molar-refractivity contribution is 8.08. The summed E-state index contributed by atoms with van der Waals surface area (Å²) < 4.78 is 26.3. The number of nitrogens with one attached hydrogen (secondary N) is 1. The molecule has 3 fully saturated rings. The van der Waals surface area contributed by atoms with Gasteiger partial charge in [0.25, 0.3) is 5.92 Å². The van der Waals surface area contributed by atoms with Gasteiger partial charge >= 0.3 is 0 Å². The van der Waals surface area contributed by atoms with Crippen molar-refractivity contribution in [3.05, 3.63) is 23.9 Å². The van der Waals surface area contributed by atoms with Gasteiger partial charge < -0.3 is 16.8 Å². The molecule has 5 N–H and O–H groups in total. The number of fused-ring (bicyclic) bond motifs is 1. The van der Waals surface area contributed by atoms with Crippen LogP contribution >= 0.6 is 11.8 Å². The second-order valence-electron chi connectivity index (χ2n) is 5.81. The molecule has 7 heteroatoms. The molecule has 0 spiro atoms. The van der Waals surface area contributed by atoms with Crippen molar-refractivity contribution in [2.75, 3.05) is 13.1 Å². The lowest BCUT2D eigenvalue weighted by Gasteiger charge is -2.30. The topological polar surface area (TPSA) is 67.3 Å². The molecular formula is C12H16F2N4S. The molecule has 4 atom stereocenters. The molecule has 2 saturated heterocycles. The van der Waals surface area contributed by atoms with E-state index in [4.69, 9.17) is 11.5 Å². The summed E-state index contributed by atoms with van der Waals surface area (Å²) in [5, 5.41) is 3.38. The lowest BCUT2D eigenvalue weighted by molar-refractivity contribution is 0.0461. The fourth-order valence-electron chi connectivity index (χ4n) is 3.14. The molecule has 4 nitrogen and oxygen atoms in total. The number of rotatable bonds is 2. The number of nitrogens with zero attached hydrogens (tertiary/aromatic N) is 1. The lowest BCUT2D eigenvalue weighted by atomic mass is 10.1. The van der Waals surface area contributed by atoms with Crippen LogP contribution < -0.4 is 16.8 Å². The highest BCUT2D eigenvalue weighted by Crippen LogP contribution is 2.59. The van der Waals surface area contributed by atoms with Gasteiger partial charge in [-0.15, -0.1) is 11.8 Å². The summed E-state index contributed by atoms with van der Waals surface area (Å²) in [7, 11) is 0. The van der Waals surface area contributed by atoms with E-state index in [1.807, 2.05) is 18.4 Å². The Labute approximate surface area is 114 Å². The van der Waals surface area contributed by atoms with Crippen LogP contribution in [0.25, 0.3) is 0 Å². The largest absolute Gasteiger partial charge is 0.372 e. The minimum Gasteiger partial charge on any atom is -0.372 e. The van der Waals surface area contributed by atoms with Gasteiger partial charge in [0.15, 0.2) is 0 Å². The second-order valence-corrected chi connectivity index (χ2v) is 7.22. The molecule has 0 aromatic carbocycles. The summed E-state index contributed by atoms with van der Waals surface area (Å²) in [5.74, 6) is -3.29. The fourth-order valence-corrected chi connectivity index (χ4v) is 3.90. The number of thioether (sulfide) groups is 1. The van der Waals surface area contributed by atoms with Gasteiger partial charge in [-0.3, -0.25) is 4.90 Å². The number of allylic oxidation sites excluding steroid dienone is 1. The van der Waals surface area contributed by atoms with Gasteiger partial charge in [-0.2, -0.15) is 0 Å². The highest BCUT2D eigenvalue weighted by atomic mass is 32.2. The van der Waals surface area contributed by atoms with E-state index in [1.54, 1.807) is 0 Å². The van der Waals surface area contributed by atoms with Crippen LogP contribution in [0.4, 0.5) is 8.78 Å². The summed E-state index contributed by atoms with van der Waals surface area (Å²) in [6, 6.07) is 0. The molecule has 0 amide bonds. The number of hydrogen-bond acceptors (Lipinski definition) is 5. The van der Waals surface area contributed by atoms with Crippen molar-refractivity contribution in [2.24, 2.45) is 23.3 Å². The average Bonchev–Trinajstić information content (AvgIpc) is 3.04. The predicted molar refractivity (Wildman–Crippen MR) is 70.1 cm³/mol. The van der Waals surface area contributed by atoms with Gasteiger partial charge in [0, 0.05) is 31.1 Å². The molecule has 104 valence electrons. The molecule has 0 aromatic heterocycles. The third-order valence-corrected chi connectivity index (χ3v) is 5.78. The minimum atomic E-state index is -2.42. The maximum absolute atomic E-state index is 13.1. The molecule has 0 radical (unpaired) electrons. The van der Waals surface area contributed by atoms with Crippen LogP contribution in [-0.2, 0) is 0 Å². The van der Waals surface area contributed by atoms with Crippen molar-refractivity contribution in [1.29, 1.82) is 0 Å². The first-order valence-electron chi connectivity index (χ1n) is 6.41. The number of hydrogen-bond donors (Lipinski definition) is 3. The van der Waals surface area contributed by atoms with E-state index in [0.717, 1.165) is 5.57 Å². The van der Waals surface area contributed by atoms with Crippen molar-refractivity contribution in [3.63, 3.8) is 0 Å². The SMILES string of the molecule is NC1(N)S[C@@H]1C1=CNC(N2CC3C(C2)C3(F)F)C=C1. The van der Waals surface area contributed by atoms with E-state index in [-0.39, 0.29) is 11.4 Å². The Morgan fingerprint density at radius 2 is 1.95 bits per heavy atom. The molecule has 19 heavy (non-hydrogen) atoms. The number of alkyl halides is 2. The Hall–Kier alpha value is -0.630. The van der Waals surface area contributed by atoms with E-state index in [9.17, 15) is 8.78 Å². The van der Waals surface area contributed by atoms with Gasteiger partial charge in [-0.25, -0.2) is 8.78 Å². The number of nitrogens with two attached hydrogens (primary N) is 2. The number of piperidine rings is 1. The van der Waals surface area contributed by atoms with Crippen molar-refractivity contribution < 1.29 is 8.78 Å². The van der Waals surface area contributed by atoms with Crippen molar-refractivity contribution in [2.45, 2.75) is 22.3 Å². The summed E-state index contributed by atoms with van der Waals surface area (Å²) >= 11 is 1.52. The summed E-state index contributed by atoms with van der Waals surface area (Å²) in [4.78, 5) is 1.41. The van der Waals surface area contributed by atoms with Crippen molar-refractivity contribution in [3.8, 4) is 0 Å². The number of halogens is 2. The third kappa shape index (κ3) is 1.75. The first kappa shape index (κ1) is 12.1. The number of likely N-dealkylation sites (tertiary alicyclic amines) is 1. The van der Waals surface area contributed by atoms with Gasteiger partial charge in [-0.05, 0) is 11.6 Å². The molecule has 3 aliphatic heterocycles. The van der Waals surface area contributed by atoms with Gasteiger partial charge in [0.2, 0.25) is 0 Å². The standard InChI is InChI=1S/C12H16F2N4S/c13-11(14)7-4-18(5-8(7)11)9-2-1-6(3-17-9)10-12(15,16)19-10/h1-3,7-10,17H,4-5,15-16H2/t7?,8?,9?,10-/m1/s1. The molecule has 3 heterocycles. The molecule has 4 aliphatic rings. The molecule has 3 unspecified atom stereocenters. The van der Waals surface area contributed by atoms with Crippen LogP contribution in [-0.4, -0.2) is 40.3 Å². The summed E-state index contributed by atoms with van der Waals surface area (Å²) in [6.45, 7) is 0.942. The second kappa shape index (κ2) is 3.52. The van der Waals surface area contributed by atoms with Crippen LogP contribution in [0, 0.1) is 11.8 Å². The Bertz CT molecular complexity index is 476. The Balaban J connectivity index is 1.37. The maximum Gasteiger partial charge on any atom is 0.257 e. The van der Waals surface area contributed by atoms with Gasteiger partial charge in [-0.1, -0.05) is 6.08 Å². The van der Waals surface area contributed by atoms with E-state index in [0.29, 0.717) is 13.1 Å². The fraction of sp³-hybridized carbons (Fsp3) is 0.667. The van der Waals surface area contributed by atoms with E-state index >= 15 is 0 Å². The minimum absolute atomic E-state index is 0.0149. The zero-order chi connectivity index (χ0) is 13.4. The Morgan fingerprint density at radius 3 is 2.42 bits per heavy atom. The van der Waals surface area contributed by atoms with Crippen LogP contribution in [0.3, 0.4) is 0 Å². The normalized spacial score (nSPS) is 45.4. The van der Waals surface area contributed by atoms with Crippen LogP contribution in [0.2, 0.25) is 0 Å². The molecule has 4 rings (SSSR count). The molecule has 0 bridgehead atoms. The van der Waals surface area contributed by atoms with E-state index in [1.165, 1.54) is 11.8 Å². The van der Waals surface area contributed by atoms with Crippen molar-refractivity contribution in [1.82, 2.24) is 10.2 Å². The Morgan fingerprint density at radius 1 is 1.32 bits per heavy atom. The van der Waals surface area contributed by atoms with Crippen molar-refractivity contribution >= 4 is 11.8 Å². The summed E-state index contributed by atoms with van der Waals surface area (Å²) in [5.41, 5.74) is 12.7. The summed E-state index contributed by atoms with van der Waals surface area (Å²) in [6.07, 6.45) is 5.93. The molecule has 1 aliphatic carbocycles. The smallest absolute Gasteiger partial charge is 0.257 e. The number of dihydropyridines is 1. The van der Waals surface area contributed by atoms with Crippen LogP contribution in [0.1, 0.15) is 0 Å². The molecule has 1 saturated carbocycles. The zero-order valence-corrected chi connectivity index (χ0v) is 11.0. The van der Waals surface area contributed by atoms with Crippen LogP contribution in [0.15, 0.2) is 23.9 Å². The van der Waals surface area contributed by atoms with Gasteiger partial charge in [0.05, 0.1) is 11.4 Å². The third-order valence-electron chi connectivity index (χ3n) is 4.49.